The molecule has 2 aromatic carbocycles. The van der Waals surface area contributed by atoms with Crippen LogP contribution in [0.25, 0.3) is 22.2 Å². The van der Waals surface area contributed by atoms with Gasteiger partial charge in [0.15, 0.2) is 5.82 Å². The molecule has 0 bridgehead atoms. The number of hydrogen-bond acceptors (Lipinski definition) is 3. The van der Waals surface area contributed by atoms with Gasteiger partial charge in [-0.1, -0.05) is 6.92 Å². The van der Waals surface area contributed by atoms with Crippen LogP contribution in [0.5, 0.6) is 0 Å². The van der Waals surface area contributed by atoms with Crippen LogP contribution in [0.4, 0.5) is 18.0 Å². The number of carbonyl (C=O) groups is 1. The van der Waals surface area contributed by atoms with Crippen molar-refractivity contribution >= 4 is 17.0 Å². The van der Waals surface area contributed by atoms with Crippen molar-refractivity contribution in [3.05, 3.63) is 59.4 Å². The number of nitrogens with two attached hydrogens (primary N) is 1. The van der Waals surface area contributed by atoms with Crippen LogP contribution in [0, 0.1) is 22.9 Å². The fourth-order valence-corrected chi connectivity index (χ4v) is 4.65. The fourth-order valence-electron chi connectivity index (χ4n) is 4.65. The Morgan fingerprint density at radius 3 is 2.31 bits per heavy atom. The SMILES string of the molecule is CC1(CN)CC(c2c(-c3ccc(F)cc3)n(C(=O)OC(C)(C)C)c3c(F)cc(F)cc23)C1. The van der Waals surface area contributed by atoms with Gasteiger partial charge in [-0.3, -0.25) is 0 Å². The fraction of sp³-hybridized carbons (Fsp3) is 0.400. The number of halogens is 3. The van der Waals surface area contributed by atoms with Crippen LogP contribution >= 0.6 is 0 Å². The Balaban J connectivity index is 2.04. The van der Waals surface area contributed by atoms with Gasteiger partial charge in [0, 0.05) is 11.5 Å². The van der Waals surface area contributed by atoms with Gasteiger partial charge in [-0.15, -0.1) is 0 Å². The lowest BCUT2D eigenvalue weighted by Gasteiger charge is -2.45. The average molecular weight is 444 g/mol. The molecule has 0 aliphatic heterocycles. The van der Waals surface area contributed by atoms with E-state index < -0.39 is 29.1 Å². The molecular weight excluding hydrogens is 417 g/mol. The Labute approximate surface area is 185 Å². The molecule has 7 heteroatoms. The number of hydrogen-bond donors (Lipinski definition) is 1. The minimum Gasteiger partial charge on any atom is -0.443 e. The minimum absolute atomic E-state index is 0.0451. The summed E-state index contributed by atoms with van der Waals surface area (Å²) in [4.78, 5) is 13.3. The Morgan fingerprint density at radius 1 is 1.12 bits per heavy atom. The number of carbonyl (C=O) groups excluding carboxylic acids is 1. The van der Waals surface area contributed by atoms with Crippen molar-refractivity contribution in [1.82, 2.24) is 4.57 Å². The highest BCUT2D eigenvalue weighted by Gasteiger charge is 2.43. The van der Waals surface area contributed by atoms with Crippen molar-refractivity contribution in [3.63, 3.8) is 0 Å². The maximum absolute atomic E-state index is 15.1. The Hall–Kier alpha value is -2.80. The van der Waals surface area contributed by atoms with E-state index in [1.54, 1.807) is 20.8 Å². The average Bonchev–Trinajstić information content (AvgIpc) is 3.00. The third-order valence-electron chi connectivity index (χ3n) is 6.09. The van der Waals surface area contributed by atoms with Crippen LogP contribution in [0.3, 0.4) is 0 Å². The molecule has 0 unspecified atom stereocenters. The lowest BCUT2D eigenvalue weighted by Crippen LogP contribution is -2.39. The van der Waals surface area contributed by atoms with Crippen LogP contribution in [0.1, 0.15) is 52.0 Å². The molecule has 1 aromatic heterocycles. The highest BCUT2D eigenvalue weighted by molar-refractivity contribution is 6.00. The van der Waals surface area contributed by atoms with Gasteiger partial charge in [0.1, 0.15) is 17.2 Å². The highest BCUT2D eigenvalue weighted by Crippen LogP contribution is 2.54. The zero-order chi connectivity index (χ0) is 23.4. The van der Waals surface area contributed by atoms with Crippen molar-refractivity contribution in [2.24, 2.45) is 11.1 Å². The molecule has 2 N–H and O–H groups in total. The van der Waals surface area contributed by atoms with E-state index in [-0.39, 0.29) is 16.8 Å². The van der Waals surface area contributed by atoms with Crippen LogP contribution in [0.15, 0.2) is 36.4 Å². The summed E-state index contributed by atoms with van der Waals surface area (Å²) >= 11 is 0. The van der Waals surface area contributed by atoms with Crippen LogP contribution in [-0.2, 0) is 4.74 Å². The molecule has 0 spiro atoms. The highest BCUT2D eigenvalue weighted by atomic mass is 19.1. The normalized spacial score (nSPS) is 20.9. The van der Waals surface area contributed by atoms with Crippen molar-refractivity contribution in [2.75, 3.05) is 6.54 Å². The van der Waals surface area contributed by atoms with Crippen molar-refractivity contribution in [1.29, 1.82) is 0 Å². The number of nitrogens with zero attached hydrogens (tertiary/aromatic N) is 1. The third-order valence-corrected chi connectivity index (χ3v) is 6.09. The maximum atomic E-state index is 15.1. The van der Waals surface area contributed by atoms with Gasteiger partial charge in [-0.2, -0.15) is 0 Å². The van der Waals surface area contributed by atoms with E-state index in [9.17, 15) is 13.6 Å². The van der Waals surface area contributed by atoms with E-state index in [1.165, 1.54) is 30.3 Å². The molecule has 1 heterocycles. The molecule has 170 valence electrons. The summed E-state index contributed by atoms with van der Waals surface area (Å²) < 4.78 is 49.9. The Kier molecular flexibility index (Phi) is 5.36. The third kappa shape index (κ3) is 3.90. The molecule has 0 atom stereocenters. The topological polar surface area (TPSA) is 57.2 Å². The van der Waals surface area contributed by atoms with E-state index in [0.717, 1.165) is 10.6 Å². The first-order chi connectivity index (χ1) is 14.9. The number of rotatable bonds is 3. The van der Waals surface area contributed by atoms with Gasteiger partial charge in [-0.25, -0.2) is 22.5 Å². The first-order valence-electron chi connectivity index (χ1n) is 10.7. The number of aromatic nitrogens is 1. The summed E-state index contributed by atoms with van der Waals surface area (Å²) in [6.45, 7) is 7.69. The molecule has 1 saturated carbocycles. The lowest BCUT2D eigenvalue weighted by molar-refractivity contribution is 0.0545. The standard InChI is InChI=1S/C25H27F3N2O2/c1-24(2,3)32-23(31)30-21(14-5-7-16(26)8-6-14)20(15-11-25(4,12-15)13-29)18-9-17(27)10-19(28)22(18)30/h5-10,15H,11-13,29H2,1-4H3. The molecule has 1 aliphatic rings. The lowest BCUT2D eigenvalue weighted by atomic mass is 9.60. The molecule has 0 radical (unpaired) electrons. The zero-order valence-corrected chi connectivity index (χ0v) is 18.6. The molecular formula is C25H27F3N2O2. The van der Waals surface area contributed by atoms with Gasteiger partial charge in [0.05, 0.1) is 11.2 Å². The predicted molar refractivity (Wildman–Crippen MR) is 118 cm³/mol. The van der Waals surface area contributed by atoms with Crippen LogP contribution in [-0.4, -0.2) is 22.8 Å². The summed E-state index contributed by atoms with van der Waals surface area (Å²) in [5.74, 6) is -2.09. The predicted octanol–water partition coefficient (Wildman–Crippen LogP) is 6.35. The molecule has 32 heavy (non-hydrogen) atoms. The molecule has 4 nitrogen and oxygen atoms in total. The Bertz CT molecular complexity index is 1190. The largest absolute Gasteiger partial charge is 0.443 e. The first kappa shape index (κ1) is 22.4. The second-order valence-corrected chi connectivity index (χ2v) is 9.99. The van der Waals surface area contributed by atoms with Gasteiger partial charge < -0.3 is 10.5 Å². The van der Waals surface area contributed by atoms with E-state index >= 15 is 4.39 Å². The monoisotopic (exact) mass is 444 g/mol. The van der Waals surface area contributed by atoms with E-state index in [2.05, 4.69) is 6.92 Å². The minimum atomic E-state index is -0.860. The van der Waals surface area contributed by atoms with Crippen molar-refractivity contribution in [2.45, 2.75) is 52.1 Å². The van der Waals surface area contributed by atoms with Crippen LogP contribution in [0.2, 0.25) is 0 Å². The quantitative estimate of drug-likeness (QED) is 0.512. The summed E-state index contributed by atoms with van der Waals surface area (Å²) in [6.07, 6.45) is 0.645. The molecule has 1 aliphatic carbocycles. The van der Waals surface area contributed by atoms with Crippen molar-refractivity contribution in [3.8, 4) is 11.3 Å². The molecule has 1 fully saturated rings. The first-order valence-corrected chi connectivity index (χ1v) is 10.7. The summed E-state index contributed by atoms with van der Waals surface area (Å²) in [6, 6.07) is 7.62. The zero-order valence-electron chi connectivity index (χ0n) is 18.6. The summed E-state index contributed by atoms with van der Waals surface area (Å²) in [7, 11) is 0. The van der Waals surface area contributed by atoms with Crippen molar-refractivity contribution < 1.29 is 22.7 Å². The maximum Gasteiger partial charge on any atom is 0.419 e. The molecule has 3 aromatic rings. The van der Waals surface area contributed by atoms with Crippen LogP contribution < -0.4 is 5.73 Å². The molecule has 0 saturated heterocycles. The smallest absolute Gasteiger partial charge is 0.419 e. The van der Waals surface area contributed by atoms with E-state index in [1.807, 2.05) is 0 Å². The second-order valence-electron chi connectivity index (χ2n) is 9.99. The van der Waals surface area contributed by atoms with E-state index in [0.29, 0.717) is 41.6 Å². The number of benzene rings is 2. The van der Waals surface area contributed by atoms with Gasteiger partial charge in [0.25, 0.3) is 0 Å². The molecule has 4 rings (SSSR count). The summed E-state index contributed by atoms with van der Waals surface area (Å²) in [5.41, 5.74) is 6.52. The number of ether oxygens (including phenoxy) is 1. The van der Waals surface area contributed by atoms with Gasteiger partial charge in [0.2, 0.25) is 0 Å². The number of fused-ring (bicyclic) bond motifs is 1. The second kappa shape index (κ2) is 7.66. The van der Waals surface area contributed by atoms with Gasteiger partial charge >= 0.3 is 6.09 Å². The van der Waals surface area contributed by atoms with E-state index in [4.69, 9.17) is 10.5 Å². The van der Waals surface area contributed by atoms with Gasteiger partial charge in [-0.05, 0) is 92.9 Å². The summed E-state index contributed by atoms with van der Waals surface area (Å²) in [5, 5.41) is 0.316. The Morgan fingerprint density at radius 2 is 1.75 bits per heavy atom. The molecule has 0 amide bonds.